The molecule has 0 aromatic heterocycles. The SMILES string of the molecule is CC/C=C\CC(C)/C=C/C=C\C\C=C/C=C/C=C/C(CCC(N)C(=O)NCC(=O)OC)C(C)CCC(=O)OC. The molecule has 7 nitrogen and oxygen atoms in total. The first-order chi connectivity index (χ1) is 18.7. The van der Waals surface area contributed by atoms with Gasteiger partial charge in [0, 0.05) is 6.42 Å². The van der Waals surface area contributed by atoms with Crippen LogP contribution in [0.15, 0.2) is 72.9 Å². The second-order valence-electron chi connectivity index (χ2n) is 9.57. The van der Waals surface area contributed by atoms with E-state index in [1.165, 1.54) is 14.2 Å². The summed E-state index contributed by atoms with van der Waals surface area (Å²) < 4.78 is 9.29. The van der Waals surface area contributed by atoms with Crippen LogP contribution in [-0.2, 0) is 23.9 Å². The van der Waals surface area contributed by atoms with E-state index < -0.39 is 17.9 Å². The molecule has 0 rings (SSSR count). The molecule has 0 spiro atoms. The van der Waals surface area contributed by atoms with Crippen molar-refractivity contribution in [1.29, 1.82) is 0 Å². The van der Waals surface area contributed by atoms with Gasteiger partial charge >= 0.3 is 11.9 Å². The number of rotatable bonds is 20. The van der Waals surface area contributed by atoms with Gasteiger partial charge in [0.2, 0.25) is 5.91 Å². The van der Waals surface area contributed by atoms with Crippen LogP contribution >= 0.6 is 0 Å². The van der Waals surface area contributed by atoms with Gasteiger partial charge in [0.25, 0.3) is 0 Å². The Morgan fingerprint density at radius 3 is 2.10 bits per heavy atom. The van der Waals surface area contributed by atoms with E-state index in [1.54, 1.807) is 0 Å². The Morgan fingerprint density at radius 2 is 1.44 bits per heavy atom. The monoisotopic (exact) mass is 542 g/mol. The van der Waals surface area contributed by atoms with Crippen LogP contribution in [0, 0.1) is 17.8 Å². The van der Waals surface area contributed by atoms with Gasteiger partial charge in [0.15, 0.2) is 0 Å². The fourth-order valence-electron chi connectivity index (χ4n) is 3.64. The number of esters is 2. The van der Waals surface area contributed by atoms with Gasteiger partial charge in [-0.2, -0.15) is 0 Å². The van der Waals surface area contributed by atoms with Gasteiger partial charge < -0.3 is 20.5 Å². The summed E-state index contributed by atoms with van der Waals surface area (Å²) in [5, 5.41) is 2.49. The van der Waals surface area contributed by atoms with Crippen LogP contribution in [0.1, 0.15) is 65.7 Å². The molecule has 0 saturated heterocycles. The maximum Gasteiger partial charge on any atom is 0.325 e. The van der Waals surface area contributed by atoms with Crippen molar-refractivity contribution in [2.75, 3.05) is 20.8 Å². The zero-order valence-corrected chi connectivity index (χ0v) is 24.5. The van der Waals surface area contributed by atoms with E-state index in [1.807, 2.05) is 24.3 Å². The Hall–Kier alpha value is -3.19. The molecule has 39 heavy (non-hydrogen) atoms. The average molecular weight is 543 g/mol. The number of carbonyl (C=O) groups excluding carboxylic acids is 3. The minimum atomic E-state index is -0.735. The first-order valence-corrected chi connectivity index (χ1v) is 13.9. The standard InChI is InChI=1S/C32H50N2O5/c1-6-7-15-18-26(2)19-16-13-11-9-8-10-12-14-17-20-28(27(3)21-24-30(35)38-4)22-23-29(33)32(37)34-25-31(36)39-5/h7-8,10-17,19-20,26-29H,6,9,18,21-25,33H2,1-5H3,(H,34,37)/b10-8-,13-11-,14-12+,15-7-,19-16+,20-17+. The number of ether oxygens (including phenoxy) is 2. The molecule has 7 heteroatoms. The summed E-state index contributed by atoms with van der Waals surface area (Å²) in [7, 11) is 2.64. The van der Waals surface area contributed by atoms with Crippen molar-refractivity contribution in [2.45, 2.75) is 71.8 Å². The summed E-state index contributed by atoms with van der Waals surface area (Å²) in [5.41, 5.74) is 6.03. The zero-order chi connectivity index (χ0) is 29.3. The molecule has 4 unspecified atom stereocenters. The normalized spacial score (nSPS) is 15.5. The number of carbonyl (C=O) groups is 3. The van der Waals surface area contributed by atoms with E-state index in [9.17, 15) is 14.4 Å². The summed E-state index contributed by atoms with van der Waals surface area (Å²) in [5.74, 6) is -0.304. The molecule has 0 aliphatic carbocycles. The van der Waals surface area contributed by atoms with Crippen LogP contribution in [0.25, 0.3) is 0 Å². The van der Waals surface area contributed by atoms with Gasteiger partial charge in [0.05, 0.1) is 20.3 Å². The summed E-state index contributed by atoms with van der Waals surface area (Å²) in [6.07, 6.45) is 30.2. The second kappa shape index (κ2) is 23.9. The lowest BCUT2D eigenvalue weighted by atomic mass is 9.85. The Kier molecular flexibility index (Phi) is 21.9. The largest absolute Gasteiger partial charge is 0.469 e. The smallest absolute Gasteiger partial charge is 0.325 e. The van der Waals surface area contributed by atoms with Crippen LogP contribution in [0.2, 0.25) is 0 Å². The number of hydrogen-bond acceptors (Lipinski definition) is 6. The minimum absolute atomic E-state index is 0.123. The summed E-state index contributed by atoms with van der Waals surface area (Å²) in [6, 6.07) is -0.735. The third-order valence-corrected chi connectivity index (χ3v) is 6.24. The van der Waals surface area contributed by atoms with E-state index in [0.717, 1.165) is 19.3 Å². The number of nitrogens with one attached hydrogen (secondary N) is 1. The Morgan fingerprint density at radius 1 is 0.795 bits per heavy atom. The number of methoxy groups -OCH3 is 2. The fourth-order valence-corrected chi connectivity index (χ4v) is 3.64. The van der Waals surface area contributed by atoms with Crippen molar-refractivity contribution in [3.05, 3.63) is 72.9 Å². The molecule has 0 radical (unpaired) electrons. The van der Waals surface area contributed by atoms with E-state index in [0.29, 0.717) is 31.6 Å². The molecule has 0 aromatic rings. The highest BCUT2D eigenvalue weighted by atomic mass is 16.5. The maximum atomic E-state index is 12.2. The molecule has 0 saturated carbocycles. The van der Waals surface area contributed by atoms with Crippen LogP contribution < -0.4 is 11.1 Å². The van der Waals surface area contributed by atoms with Crippen LogP contribution in [-0.4, -0.2) is 44.7 Å². The number of hydrogen-bond donors (Lipinski definition) is 2. The predicted octanol–water partition coefficient (Wildman–Crippen LogP) is 5.75. The highest BCUT2D eigenvalue weighted by Crippen LogP contribution is 2.24. The Labute approximate surface area is 236 Å². The minimum Gasteiger partial charge on any atom is -0.469 e. The first kappa shape index (κ1) is 35.8. The third-order valence-electron chi connectivity index (χ3n) is 6.24. The van der Waals surface area contributed by atoms with E-state index >= 15 is 0 Å². The van der Waals surface area contributed by atoms with Gasteiger partial charge in [-0.05, 0) is 56.3 Å². The van der Waals surface area contributed by atoms with E-state index in [4.69, 9.17) is 10.5 Å². The summed E-state index contributed by atoms with van der Waals surface area (Å²) in [4.78, 5) is 35.0. The molecular weight excluding hydrogens is 492 g/mol. The number of allylic oxidation sites excluding steroid dienone is 12. The van der Waals surface area contributed by atoms with Crippen molar-refractivity contribution in [1.82, 2.24) is 5.32 Å². The summed E-state index contributed by atoms with van der Waals surface area (Å²) in [6.45, 7) is 6.23. The molecular formula is C32H50N2O5. The molecule has 3 N–H and O–H groups in total. The second-order valence-corrected chi connectivity index (χ2v) is 9.57. The molecule has 0 fully saturated rings. The van der Waals surface area contributed by atoms with Crippen molar-refractivity contribution in [2.24, 2.45) is 23.5 Å². The zero-order valence-electron chi connectivity index (χ0n) is 24.5. The van der Waals surface area contributed by atoms with Crippen molar-refractivity contribution in [3.63, 3.8) is 0 Å². The molecule has 0 aromatic carbocycles. The maximum absolute atomic E-state index is 12.2. The molecule has 0 heterocycles. The van der Waals surface area contributed by atoms with Gasteiger partial charge in [0.1, 0.15) is 6.54 Å². The van der Waals surface area contributed by atoms with Gasteiger partial charge in [-0.25, -0.2) is 0 Å². The lowest BCUT2D eigenvalue weighted by molar-refractivity contribution is -0.141. The molecule has 0 aliphatic heterocycles. The molecule has 1 amide bonds. The van der Waals surface area contributed by atoms with Crippen molar-refractivity contribution >= 4 is 17.8 Å². The first-order valence-electron chi connectivity index (χ1n) is 13.9. The van der Waals surface area contributed by atoms with Gasteiger partial charge in [-0.1, -0.05) is 93.7 Å². The molecule has 218 valence electrons. The highest BCUT2D eigenvalue weighted by molar-refractivity contribution is 5.85. The van der Waals surface area contributed by atoms with Gasteiger partial charge in [-0.3, -0.25) is 14.4 Å². The number of amides is 1. The van der Waals surface area contributed by atoms with Crippen LogP contribution in [0.3, 0.4) is 0 Å². The average Bonchev–Trinajstić information content (AvgIpc) is 2.94. The van der Waals surface area contributed by atoms with Crippen molar-refractivity contribution in [3.8, 4) is 0 Å². The van der Waals surface area contributed by atoms with Gasteiger partial charge in [-0.15, -0.1) is 0 Å². The molecule has 4 atom stereocenters. The summed E-state index contributed by atoms with van der Waals surface area (Å²) >= 11 is 0. The molecule has 0 aliphatic rings. The predicted molar refractivity (Wildman–Crippen MR) is 160 cm³/mol. The Balaban J connectivity index is 4.79. The fraction of sp³-hybridized carbons (Fsp3) is 0.531. The van der Waals surface area contributed by atoms with Crippen molar-refractivity contribution < 1.29 is 23.9 Å². The molecule has 0 bridgehead atoms. The van der Waals surface area contributed by atoms with E-state index in [-0.39, 0.29) is 24.3 Å². The lowest BCUT2D eigenvalue weighted by Gasteiger charge is -2.22. The highest BCUT2D eigenvalue weighted by Gasteiger charge is 2.20. The quantitative estimate of drug-likeness (QED) is 0.115. The third kappa shape index (κ3) is 20.4. The van der Waals surface area contributed by atoms with Crippen LogP contribution in [0.4, 0.5) is 0 Å². The topological polar surface area (TPSA) is 108 Å². The Bertz CT molecular complexity index is 870. The van der Waals surface area contributed by atoms with Crippen LogP contribution in [0.5, 0.6) is 0 Å². The number of nitrogens with two attached hydrogens (primary N) is 1. The van der Waals surface area contributed by atoms with E-state index in [2.05, 4.69) is 79.4 Å². The lowest BCUT2D eigenvalue weighted by Crippen LogP contribution is -2.43.